The molecule has 1 aliphatic rings. The first-order valence-corrected chi connectivity index (χ1v) is 7.56. The minimum Gasteiger partial charge on any atom is -0.391 e. The summed E-state index contributed by atoms with van der Waals surface area (Å²) < 4.78 is 32.3. The monoisotopic (exact) mass is 277 g/mol. The second-order valence-electron chi connectivity index (χ2n) is 4.35. The lowest BCUT2D eigenvalue weighted by molar-refractivity contribution is 0.178. The molecule has 0 bridgehead atoms. The molecule has 2 rings (SSSR count). The molecule has 1 atom stereocenters. The van der Waals surface area contributed by atoms with Gasteiger partial charge in [-0.2, -0.15) is 0 Å². The second-order valence-corrected chi connectivity index (χ2v) is 7.43. The van der Waals surface area contributed by atoms with E-state index in [4.69, 9.17) is 9.84 Å². The minimum absolute atomic E-state index is 0.138. The maximum Gasteiger partial charge on any atom is 0.250 e. The van der Waals surface area contributed by atoms with E-state index in [2.05, 4.69) is 4.72 Å². The molecule has 0 amide bonds. The highest BCUT2D eigenvalue weighted by Gasteiger charge is 2.35. The number of hydrogen-bond acceptors (Lipinski definition) is 5. The third-order valence-electron chi connectivity index (χ3n) is 2.66. The molecule has 5 nitrogen and oxygen atoms in total. The van der Waals surface area contributed by atoms with Crippen molar-refractivity contribution in [2.24, 2.45) is 0 Å². The van der Waals surface area contributed by atoms with Gasteiger partial charge in [-0.1, -0.05) is 0 Å². The molecule has 0 aromatic carbocycles. The van der Waals surface area contributed by atoms with Crippen LogP contribution >= 0.6 is 11.3 Å². The van der Waals surface area contributed by atoms with E-state index in [1.807, 2.05) is 6.92 Å². The molecular weight excluding hydrogens is 262 g/mol. The third kappa shape index (κ3) is 2.86. The van der Waals surface area contributed by atoms with Crippen LogP contribution in [0.25, 0.3) is 0 Å². The maximum absolute atomic E-state index is 12.1. The Hall–Kier alpha value is -0.470. The lowest BCUT2D eigenvalue weighted by Crippen LogP contribution is -2.46. The Bertz CT molecular complexity index is 488. The first-order valence-electron chi connectivity index (χ1n) is 5.26. The zero-order chi connectivity index (χ0) is 12.5. The Labute approximate surface area is 104 Å². The molecule has 0 radical (unpaired) electrons. The van der Waals surface area contributed by atoms with Crippen LogP contribution in [0.2, 0.25) is 0 Å². The number of hydrogen-bond donors (Lipinski definition) is 2. The van der Waals surface area contributed by atoms with Gasteiger partial charge in [0.25, 0.3) is 10.0 Å². The summed E-state index contributed by atoms with van der Waals surface area (Å²) in [6.45, 7) is 2.66. The van der Waals surface area contributed by atoms with E-state index in [1.165, 1.54) is 6.07 Å². The van der Waals surface area contributed by atoms with Crippen molar-refractivity contribution in [3.05, 3.63) is 17.0 Å². The van der Waals surface area contributed by atoms with Crippen LogP contribution in [0.4, 0.5) is 0 Å². The van der Waals surface area contributed by atoms with Gasteiger partial charge in [-0.15, -0.1) is 11.3 Å². The Morgan fingerprint density at radius 1 is 1.59 bits per heavy atom. The molecule has 2 N–H and O–H groups in total. The van der Waals surface area contributed by atoms with Crippen LogP contribution in [0.5, 0.6) is 0 Å². The number of rotatable bonds is 4. The van der Waals surface area contributed by atoms with Gasteiger partial charge < -0.3 is 9.84 Å². The summed E-state index contributed by atoms with van der Waals surface area (Å²) in [6.07, 6.45) is 0.671. The molecule has 0 aliphatic carbocycles. The van der Waals surface area contributed by atoms with Crippen LogP contribution in [0.3, 0.4) is 0 Å². The summed E-state index contributed by atoms with van der Waals surface area (Å²) in [4.78, 5) is 0.637. The number of aliphatic hydroxyl groups excluding tert-OH is 1. The summed E-state index contributed by atoms with van der Waals surface area (Å²) in [5.41, 5.74) is -0.526. The normalized spacial score (nSPS) is 25.3. The molecule has 1 fully saturated rings. The molecule has 2 heterocycles. The van der Waals surface area contributed by atoms with E-state index in [1.54, 1.807) is 6.07 Å². The molecule has 0 saturated carbocycles. The van der Waals surface area contributed by atoms with Gasteiger partial charge in [-0.25, -0.2) is 13.1 Å². The molecule has 1 unspecified atom stereocenters. The SMILES string of the molecule is CC1(NS(=O)(=O)c2ccc(CO)s2)CCOC1. The topological polar surface area (TPSA) is 75.6 Å². The van der Waals surface area contributed by atoms with E-state index in [-0.39, 0.29) is 10.8 Å². The van der Waals surface area contributed by atoms with Gasteiger partial charge in [0, 0.05) is 11.5 Å². The molecule has 17 heavy (non-hydrogen) atoms. The van der Waals surface area contributed by atoms with Gasteiger partial charge in [0.1, 0.15) is 4.21 Å². The lowest BCUT2D eigenvalue weighted by atomic mass is 10.0. The molecule has 1 aliphatic heterocycles. The summed E-state index contributed by atoms with van der Waals surface area (Å²) >= 11 is 1.08. The van der Waals surface area contributed by atoms with E-state index in [9.17, 15) is 8.42 Å². The minimum atomic E-state index is -3.51. The van der Waals surface area contributed by atoms with E-state index < -0.39 is 15.6 Å². The first kappa shape index (κ1) is 13.0. The van der Waals surface area contributed by atoms with Gasteiger partial charge >= 0.3 is 0 Å². The zero-order valence-corrected chi connectivity index (χ0v) is 11.1. The Morgan fingerprint density at radius 3 is 2.88 bits per heavy atom. The van der Waals surface area contributed by atoms with Crippen molar-refractivity contribution in [2.45, 2.75) is 29.7 Å². The fraction of sp³-hybridized carbons (Fsp3) is 0.600. The number of ether oxygens (including phenoxy) is 1. The average Bonchev–Trinajstić information content (AvgIpc) is 2.85. The van der Waals surface area contributed by atoms with Gasteiger partial charge in [-0.3, -0.25) is 0 Å². The van der Waals surface area contributed by atoms with Crippen LogP contribution in [-0.4, -0.2) is 32.3 Å². The fourth-order valence-corrected chi connectivity index (χ4v) is 4.35. The molecule has 96 valence electrons. The highest BCUT2D eigenvalue weighted by molar-refractivity contribution is 7.91. The Kier molecular flexibility index (Phi) is 3.55. The molecule has 7 heteroatoms. The van der Waals surface area contributed by atoms with Crippen LogP contribution in [-0.2, 0) is 21.4 Å². The first-order chi connectivity index (χ1) is 7.95. The summed E-state index contributed by atoms with van der Waals surface area (Å²) in [5, 5.41) is 8.93. The maximum atomic E-state index is 12.1. The smallest absolute Gasteiger partial charge is 0.250 e. The van der Waals surface area contributed by atoms with Gasteiger partial charge in [-0.05, 0) is 25.5 Å². The third-order valence-corrected chi connectivity index (χ3v) is 5.86. The van der Waals surface area contributed by atoms with Crippen molar-refractivity contribution >= 4 is 21.4 Å². The van der Waals surface area contributed by atoms with Gasteiger partial charge in [0.05, 0.1) is 18.8 Å². The predicted molar refractivity (Wildman–Crippen MR) is 64.4 cm³/mol. The van der Waals surface area contributed by atoms with Gasteiger partial charge in [0.15, 0.2) is 0 Å². The van der Waals surface area contributed by atoms with Crippen LogP contribution in [0.1, 0.15) is 18.2 Å². The van der Waals surface area contributed by atoms with Crippen molar-refractivity contribution in [3.8, 4) is 0 Å². The fourth-order valence-electron chi connectivity index (χ4n) is 1.71. The molecular formula is C10H15NO4S2. The molecule has 0 spiro atoms. The summed E-state index contributed by atoms with van der Waals surface area (Å²) in [7, 11) is -3.51. The van der Waals surface area contributed by atoms with Crippen molar-refractivity contribution in [1.82, 2.24) is 4.72 Å². The Balaban J connectivity index is 2.18. The molecule has 1 aromatic heterocycles. The Morgan fingerprint density at radius 2 is 2.35 bits per heavy atom. The van der Waals surface area contributed by atoms with Crippen LogP contribution < -0.4 is 4.72 Å². The van der Waals surface area contributed by atoms with Crippen molar-refractivity contribution in [2.75, 3.05) is 13.2 Å². The van der Waals surface area contributed by atoms with Crippen LogP contribution in [0.15, 0.2) is 16.3 Å². The second kappa shape index (κ2) is 4.66. The number of thiophene rings is 1. The van der Waals surface area contributed by atoms with Gasteiger partial charge in [0.2, 0.25) is 0 Å². The largest absolute Gasteiger partial charge is 0.391 e. The standard InChI is InChI=1S/C10H15NO4S2/c1-10(4-5-15-7-10)11-17(13,14)9-3-2-8(6-12)16-9/h2-3,11-12H,4-7H2,1H3. The average molecular weight is 277 g/mol. The number of aliphatic hydroxyl groups is 1. The summed E-state index contributed by atoms with van der Waals surface area (Å²) in [6, 6.07) is 3.13. The molecule has 1 aromatic rings. The van der Waals surface area contributed by atoms with Crippen molar-refractivity contribution in [3.63, 3.8) is 0 Å². The number of nitrogens with one attached hydrogen (secondary N) is 1. The lowest BCUT2D eigenvalue weighted by Gasteiger charge is -2.22. The zero-order valence-electron chi connectivity index (χ0n) is 9.47. The van der Waals surface area contributed by atoms with Crippen molar-refractivity contribution in [1.29, 1.82) is 0 Å². The van der Waals surface area contributed by atoms with Crippen molar-refractivity contribution < 1.29 is 18.3 Å². The number of sulfonamides is 1. The van der Waals surface area contributed by atoms with E-state index >= 15 is 0 Å². The van der Waals surface area contributed by atoms with E-state index in [0.29, 0.717) is 24.5 Å². The quantitative estimate of drug-likeness (QED) is 0.849. The van der Waals surface area contributed by atoms with Crippen LogP contribution in [0, 0.1) is 0 Å². The van der Waals surface area contributed by atoms with E-state index in [0.717, 1.165) is 11.3 Å². The molecule has 1 saturated heterocycles. The summed E-state index contributed by atoms with van der Waals surface area (Å²) in [5.74, 6) is 0. The highest BCUT2D eigenvalue weighted by atomic mass is 32.2. The predicted octanol–water partition coefficient (Wildman–Crippen LogP) is 0.698. The highest BCUT2D eigenvalue weighted by Crippen LogP contribution is 2.25.